The maximum Gasteiger partial charge on any atom is 0.243 e. The Balaban J connectivity index is 2.00. The minimum atomic E-state index is -3.63. The van der Waals surface area contributed by atoms with E-state index in [0.717, 1.165) is 23.7 Å². The van der Waals surface area contributed by atoms with Crippen LogP contribution in [0.25, 0.3) is 0 Å². The number of hydrogen-bond donors (Lipinski definition) is 1. The number of carbonyl (C=O) groups is 1. The molecule has 1 saturated heterocycles. The molecule has 0 radical (unpaired) electrons. The van der Waals surface area contributed by atoms with Gasteiger partial charge in [-0.3, -0.25) is 14.0 Å². The van der Waals surface area contributed by atoms with Gasteiger partial charge in [-0.25, -0.2) is 8.42 Å². The maximum atomic E-state index is 12.5. The molecule has 8 nitrogen and oxygen atoms in total. The number of benzene rings is 1. The highest BCUT2D eigenvalue weighted by Crippen LogP contribution is 2.24. The number of carbonyl (C=O) groups excluding carboxylic acids is 1. The molecule has 1 N–H and O–H groups in total. The first-order valence-corrected chi connectivity index (χ1v) is 11.0. The van der Waals surface area contributed by atoms with Crippen molar-refractivity contribution < 1.29 is 22.7 Å². The highest BCUT2D eigenvalue weighted by Gasteiger charge is 2.29. The number of ether oxygens (including phenoxy) is 2. The van der Waals surface area contributed by atoms with Crippen LogP contribution < -0.4 is 14.4 Å². The molecular weight excluding hydrogens is 370 g/mol. The van der Waals surface area contributed by atoms with Crippen LogP contribution in [0.5, 0.6) is 5.75 Å². The lowest BCUT2D eigenvalue weighted by atomic mass is 10.2. The summed E-state index contributed by atoms with van der Waals surface area (Å²) in [7, 11) is -3.63. The Labute approximate surface area is 161 Å². The fourth-order valence-electron chi connectivity index (χ4n) is 2.97. The van der Waals surface area contributed by atoms with E-state index in [0.29, 0.717) is 44.3 Å². The number of amides is 1. The zero-order valence-electron chi connectivity index (χ0n) is 16.2. The zero-order chi connectivity index (χ0) is 19.9. The molecule has 1 fully saturated rings. The Morgan fingerprint density at radius 3 is 2.48 bits per heavy atom. The molecule has 2 rings (SSSR count). The highest BCUT2D eigenvalue weighted by molar-refractivity contribution is 7.92. The molecule has 0 aromatic heterocycles. The third-order valence-electron chi connectivity index (χ3n) is 4.32. The van der Waals surface area contributed by atoms with E-state index in [1.54, 1.807) is 31.2 Å². The van der Waals surface area contributed by atoms with E-state index >= 15 is 0 Å². The lowest BCUT2D eigenvalue weighted by Crippen LogP contribution is -2.49. The van der Waals surface area contributed by atoms with Crippen LogP contribution in [0.4, 0.5) is 5.69 Å². The molecule has 0 aliphatic carbocycles. The van der Waals surface area contributed by atoms with Gasteiger partial charge in [-0.2, -0.15) is 0 Å². The van der Waals surface area contributed by atoms with Crippen molar-refractivity contribution in [3.8, 4) is 5.75 Å². The van der Waals surface area contributed by atoms with Gasteiger partial charge < -0.3 is 14.8 Å². The second-order valence-electron chi connectivity index (χ2n) is 6.41. The number of sulfonamides is 1. The number of morpholine rings is 1. The summed E-state index contributed by atoms with van der Waals surface area (Å²) in [6, 6.07) is 5.82. The number of rotatable bonds is 9. The highest BCUT2D eigenvalue weighted by atomic mass is 32.2. The molecule has 1 aliphatic rings. The minimum absolute atomic E-state index is 0.331. The SMILES string of the molecule is CCOc1ccc(N([C@H](C)C(=O)NCCN2CCOCC2)S(C)(=O)=O)cc1. The molecule has 1 heterocycles. The summed E-state index contributed by atoms with van der Waals surface area (Å²) in [6.45, 7) is 8.24. The first-order valence-electron chi connectivity index (χ1n) is 9.13. The van der Waals surface area contributed by atoms with Crippen molar-refractivity contribution in [3.05, 3.63) is 24.3 Å². The number of anilines is 1. The van der Waals surface area contributed by atoms with E-state index < -0.39 is 16.1 Å². The molecule has 0 bridgehead atoms. The smallest absolute Gasteiger partial charge is 0.243 e. The average Bonchev–Trinajstić information content (AvgIpc) is 2.63. The molecular formula is C18H29N3O5S. The predicted octanol–water partition coefficient (Wildman–Crippen LogP) is 0.688. The van der Waals surface area contributed by atoms with Crippen LogP contribution in [0.15, 0.2) is 24.3 Å². The average molecular weight is 400 g/mol. The second-order valence-corrected chi connectivity index (χ2v) is 8.27. The Morgan fingerprint density at radius 1 is 1.30 bits per heavy atom. The molecule has 0 saturated carbocycles. The van der Waals surface area contributed by atoms with Gasteiger partial charge in [0.1, 0.15) is 11.8 Å². The molecule has 1 amide bonds. The van der Waals surface area contributed by atoms with E-state index in [4.69, 9.17) is 9.47 Å². The van der Waals surface area contributed by atoms with Crippen LogP contribution in [0.1, 0.15) is 13.8 Å². The first-order chi connectivity index (χ1) is 12.8. The van der Waals surface area contributed by atoms with Gasteiger partial charge in [-0.1, -0.05) is 0 Å². The van der Waals surface area contributed by atoms with Crippen LogP contribution in [0, 0.1) is 0 Å². The Morgan fingerprint density at radius 2 is 1.93 bits per heavy atom. The summed E-state index contributed by atoms with van der Waals surface area (Å²) in [5, 5.41) is 2.83. The molecule has 0 spiro atoms. The van der Waals surface area contributed by atoms with Gasteiger partial charge in [0.25, 0.3) is 0 Å². The van der Waals surface area contributed by atoms with Crippen molar-refractivity contribution in [1.82, 2.24) is 10.2 Å². The van der Waals surface area contributed by atoms with Gasteiger partial charge in [0.05, 0.1) is 31.8 Å². The van der Waals surface area contributed by atoms with E-state index in [-0.39, 0.29) is 5.91 Å². The van der Waals surface area contributed by atoms with Crippen LogP contribution in [-0.2, 0) is 19.6 Å². The molecule has 0 unspecified atom stereocenters. The topological polar surface area (TPSA) is 88.2 Å². The van der Waals surface area contributed by atoms with Crippen LogP contribution in [0.2, 0.25) is 0 Å². The summed E-state index contributed by atoms with van der Waals surface area (Å²) in [5.41, 5.74) is 0.428. The third kappa shape index (κ3) is 6.37. The van der Waals surface area contributed by atoms with Crippen molar-refractivity contribution in [2.45, 2.75) is 19.9 Å². The molecule has 9 heteroatoms. The minimum Gasteiger partial charge on any atom is -0.494 e. The Kier molecular flexibility index (Phi) is 7.88. The summed E-state index contributed by atoms with van der Waals surface area (Å²) in [4.78, 5) is 14.7. The van der Waals surface area contributed by atoms with Gasteiger partial charge in [0.15, 0.2) is 0 Å². The number of nitrogens with zero attached hydrogens (tertiary/aromatic N) is 2. The van der Waals surface area contributed by atoms with Gasteiger partial charge in [0.2, 0.25) is 15.9 Å². The molecule has 1 aromatic carbocycles. The van der Waals surface area contributed by atoms with Crippen LogP contribution in [0.3, 0.4) is 0 Å². The third-order valence-corrected chi connectivity index (χ3v) is 5.56. The normalized spacial score (nSPS) is 16.6. The largest absolute Gasteiger partial charge is 0.494 e. The predicted molar refractivity (Wildman–Crippen MR) is 105 cm³/mol. The summed E-state index contributed by atoms with van der Waals surface area (Å²) in [5.74, 6) is 0.319. The van der Waals surface area contributed by atoms with E-state index in [1.165, 1.54) is 0 Å². The van der Waals surface area contributed by atoms with E-state index in [2.05, 4.69) is 10.2 Å². The Bertz CT molecular complexity index is 702. The molecule has 152 valence electrons. The van der Waals surface area contributed by atoms with Crippen molar-refractivity contribution in [1.29, 1.82) is 0 Å². The van der Waals surface area contributed by atoms with Crippen molar-refractivity contribution >= 4 is 21.6 Å². The van der Waals surface area contributed by atoms with Gasteiger partial charge in [-0.15, -0.1) is 0 Å². The maximum absolute atomic E-state index is 12.5. The van der Waals surface area contributed by atoms with Crippen LogP contribution in [-0.4, -0.2) is 77.5 Å². The van der Waals surface area contributed by atoms with Crippen molar-refractivity contribution in [2.24, 2.45) is 0 Å². The van der Waals surface area contributed by atoms with Crippen molar-refractivity contribution in [3.63, 3.8) is 0 Å². The fraction of sp³-hybridized carbons (Fsp3) is 0.611. The summed E-state index contributed by atoms with van der Waals surface area (Å²) < 4.78 is 36.4. The lowest BCUT2D eigenvalue weighted by Gasteiger charge is -2.29. The zero-order valence-corrected chi connectivity index (χ0v) is 17.0. The molecule has 1 aliphatic heterocycles. The standard InChI is InChI=1S/C18H29N3O5S/c1-4-26-17-7-5-16(6-8-17)21(27(3,23)24)15(2)18(22)19-9-10-20-11-13-25-14-12-20/h5-8,15H,4,9-14H2,1-3H3,(H,19,22)/t15-/m1/s1. The number of nitrogens with one attached hydrogen (secondary N) is 1. The quantitative estimate of drug-likeness (QED) is 0.657. The van der Waals surface area contributed by atoms with Gasteiger partial charge in [0, 0.05) is 26.2 Å². The molecule has 27 heavy (non-hydrogen) atoms. The second kappa shape index (κ2) is 9.91. The first kappa shape index (κ1) is 21.5. The lowest BCUT2D eigenvalue weighted by molar-refractivity contribution is -0.121. The van der Waals surface area contributed by atoms with E-state index in [1.807, 2.05) is 6.92 Å². The monoisotopic (exact) mass is 399 g/mol. The fourth-order valence-corrected chi connectivity index (χ4v) is 4.15. The van der Waals surface area contributed by atoms with Crippen molar-refractivity contribution in [2.75, 3.05) is 56.6 Å². The summed E-state index contributed by atoms with van der Waals surface area (Å²) >= 11 is 0. The molecule has 1 aromatic rings. The molecule has 1 atom stereocenters. The van der Waals surface area contributed by atoms with Gasteiger partial charge in [-0.05, 0) is 38.1 Å². The van der Waals surface area contributed by atoms with Crippen LogP contribution >= 0.6 is 0 Å². The van der Waals surface area contributed by atoms with E-state index in [9.17, 15) is 13.2 Å². The Hall–Kier alpha value is -1.84. The van der Waals surface area contributed by atoms with Gasteiger partial charge >= 0.3 is 0 Å². The summed E-state index contributed by atoms with van der Waals surface area (Å²) in [6.07, 6.45) is 1.10. The number of hydrogen-bond acceptors (Lipinski definition) is 6.